The van der Waals surface area contributed by atoms with Gasteiger partial charge < -0.3 is 15.7 Å². The summed E-state index contributed by atoms with van der Waals surface area (Å²) in [7, 11) is -3.86. The van der Waals surface area contributed by atoms with Gasteiger partial charge in [0.25, 0.3) is 0 Å². The molecule has 0 spiro atoms. The number of nitrogens with one attached hydrogen (secondary N) is 2. The standard InChI is InChI=1S/C20H29ClN2O4S/c1-14-17(21)5-2-6-18(14)28(26,27)20(9-7-15(13-24)8-10-20)23-19(25)16-4-3-11-22-12-16/h2,5-6,15-16,22,24H,3-4,7-13H2,1H3,(H,23,25)/t15?,16-,20?/m0/s1. The van der Waals surface area contributed by atoms with Gasteiger partial charge in [-0.3, -0.25) is 4.79 Å². The van der Waals surface area contributed by atoms with Crippen molar-refractivity contribution in [3.05, 3.63) is 28.8 Å². The first-order valence-corrected chi connectivity index (χ1v) is 11.8. The SMILES string of the molecule is Cc1c(Cl)cccc1S(=O)(=O)C1(NC(=O)[C@H]2CCCNC2)CCC(CO)CC1. The molecule has 0 radical (unpaired) electrons. The van der Waals surface area contributed by atoms with Crippen LogP contribution in [-0.2, 0) is 14.6 Å². The molecule has 0 aromatic heterocycles. The van der Waals surface area contributed by atoms with Crippen LogP contribution in [0.3, 0.4) is 0 Å². The number of sulfone groups is 1. The molecule has 156 valence electrons. The van der Waals surface area contributed by atoms with Crippen LogP contribution in [0.5, 0.6) is 0 Å². The molecule has 1 atom stereocenters. The molecule has 6 nitrogen and oxygen atoms in total. The highest BCUT2D eigenvalue weighted by atomic mass is 35.5. The highest BCUT2D eigenvalue weighted by Crippen LogP contribution is 2.41. The van der Waals surface area contributed by atoms with E-state index in [9.17, 15) is 18.3 Å². The van der Waals surface area contributed by atoms with Crippen LogP contribution >= 0.6 is 11.6 Å². The van der Waals surface area contributed by atoms with Crippen molar-refractivity contribution in [2.24, 2.45) is 11.8 Å². The smallest absolute Gasteiger partial charge is 0.225 e. The van der Waals surface area contributed by atoms with E-state index in [-0.39, 0.29) is 29.2 Å². The third kappa shape index (κ3) is 4.08. The molecule has 2 fully saturated rings. The second-order valence-corrected chi connectivity index (χ2v) is 10.7. The number of rotatable bonds is 5. The Balaban J connectivity index is 1.96. The van der Waals surface area contributed by atoms with E-state index >= 15 is 0 Å². The Bertz CT molecular complexity index is 813. The number of hydrogen-bond donors (Lipinski definition) is 3. The van der Waals surface area contributed by atoms with E-state index in [0.29, 0.717) is 42.8 Å². The Kier molecular flexibility index (Phi) is 6.69. The highest BCUT2D eigenvalue weighted by Gasteiger charge is 2.49. The van der Waals surface area contributed by atoms with Gasteiger partial charge in [-0.15, -0.1) is 0 Å². The lowest BCUT2D eigenvalue weighted by Crippen LogP contribution is -2.58. The molecule has 8 heteroatoms. The second kappa shape index (κ2) is 8.69. The van der Waals surface area contributed by atoms with Crippen molar-refractivity contribution in [3.63, 3.8) is 0 Å². The van der Waals surface area contributed by atoms with Gasteiger partial charge in [0.1, 0.15) is 4.87 Å². The lowest BCUT2D eigenvalue weighted by atomic mass is 9.85. The van der Waals surface area contributed by atoms with Crippen molar-refractivity contribution in [3.8, 4) is 0 Å². The minimum absolute atomic E-state index is 0.0345. The van der Waals surface area contributed by atoms with Gasteiger partial charge >= 0.3 is 0 Å². The van der Waals surface area contributed by atoms with E-state index in [2.05, 4.69) is 10.6 Å². The fourth-order valence-corrected chi connectivity index (χ4v) is 6.71. The Morgan fingerprint density at radius 3 is 2.64 bits per heavy atom. The van der Waals surface area contributed by atoms with Crippen LogP contribution in [0, 0.1) is 18.8 Å². The molecule has 1 aliphatic carbocycles. The average molecular weight is 429 g/mol. The van der Waals surface area contributed by atoms with E-state index in [1.54, 1.807) is 25.1 Å². The Hall–Kier alpha value is -1.15. The summed E-state index contributed by atoms with van der Waals surface area (Å²) in [5.74, 6) is -0.369. The molecule has 1 aromatic rings. The number of amides is 1. The zero-order chi connectivity index (χ0) is 20.4. The summed E-state index contributed by atoms with van der Waals surface area (Å²) in [6.07, 6.45) is 3.34. The molecule has 1 aliphatic heterocycles. The Labute approximate surface area is 172 Å². The fourth-order valence-electron chi connectivity index (χ4n) is 4.28. The van der Waals surface area contributed by atoms with Crippen LogP contribution in [0.1, 0.15) is 44.1 Å². The van der Waals surface area contributed by atoms with E-state index < -0.39 is 14.7 Å². The summed E-state index contributed by atoms with van der Waals surface area (Å²) < 4.78 is 27.5. The third-order valence-corrected chi connectivity index (χ3v) is 9.18. The zero-order valence-electron chi connectivity index (χ0n) is 16.2. The van der Waals surface area contributed by atoms with Crippen molar-refractivity contribution in [1.29, 1.82) is 0 Å². The predicted octanol–water partition coefficient (Wildman–Crippen LogP) is 2.42. The molecule has 2 aliphatic rings. The number of benzene rings is 1. The van der Waals surface area contributed by atoms with Crippen molar-refractivity contribution in [2.75, 3.05) is 19.7 Å². The van der Waals surface area contributed by atoms with Crippen molar-refractivity contribution in [1.82, 2.24) is 10.6 Å². The lowest BCUT2D eigenvalue weighted by Gasteiger charge is -2.41. The number of carbonyl (C=O) groups is 1. The second-order valence-electron chi connectivity index (χ2n) is 8.02. The number of halogens is 1. The van der Waals surface area contributed by atoms with Crippen molar-refractivity contribution in [2.45, 2.75) is 55.2 Å². The maximum absolute atomic E-state index is 13.7. The molecule has 1 saturated carbocycles. The quantitative estimate of drug-likeness (QED) is 0.669. The maximum Gasteiger partial charge on any atom is 0.225 e. The lowest BCUT2D eigenvalue weighted by molar-refractivity contribution is -0.127. The third-order valence-electron chi connectivity index (χ3n) is 6.21. The summed E-state index contributed by atoms with van der Waals surface area (Å²) in [4.78, 5) is 11.8. The molecular formula is C20H29ClN2O4S. The Morgan fingerprint density at radius 2 is 2.04 bits per heavy atom. The van der Waals surface area contributed by atoms with E-state index in [4.69, 9.17) is 11.6 Å². The number of aliphatic hydroxyl groups is 1. The Morgan fingerprint density at radius 1 is 1.32 bits per heavy atom. The fraction of sp³-hybridized carbons (Fsp3) is 0.650. The molecule has 0 unspecified atom stereocenters. The number of carbonyl (C=O) groups excluding carboxylic acids is 1. The zero-order valence-corrected chi connectivity index (χ0v) is 17.8. The van der Waals surface area contributed by atoms with Gasteiger partial charge in [0.15, 0.2) is 0 Å². The largest absolute Gasteiger partial charge is 0.396 e. The van der Waals surface area contributed by atoms with Gasteiger partial charge in [-0.1, -0.05) is 17.7 Å². The van der Waals surface area contributed by atoms with E-state index in [1.807, 2.05) is 0 Å². The van der Waals surface area contributed by atoms with Crippen LogP contribution in [0.25, 0.3) is 0 Å². The number of piperidine rings is 1. The maximum atomic E-state index is 13.7. The summed E-state index contributed by atoms with van der Waals surface area (Å²) in [5.41, 5.74) is 0.501. The summed E-state index contributed by atoms with van der Waals surface area (Å²) in [6.45, 7) is 3.17. The number of hydrogen-bond acceptors (Lipinski definition) is 5. The summed E-state index contributed by atoms with van der Waals surface area (Å²) in [5, 5.41) is 16.0. The first-order valence-electron chi connectivity index (χ1n) is 9.94. The van der Waals surface area contributed by atoms with Gasteiger partial charge in [-0.25, -0.2) is 8.42 Å². The van der Waals surface area contributed by atoms with Gasteiger partial charge in [-0.05, 0) is 75.6 Å². The topological polar surface area (TPSA) is 95.5 Å². The van der Waals surface area contributed by atoms with E-state index in [1.165, 1.54) is 0 Å². The van der Waals surface area contributed by atoms with Gasteiger partial charge in [0.05, 0.1) is 10.8 Å². The first kappa shape index (κ1) is 21.6. The summed E-state index contributed by atoms with van der Waals surface area (Å²) in [6, 6.07) is 4.85. The van der Waals surface area contributed by atoms with Crippen LogP contribution < -0.4 is 10.6 Å². The molecule has 0 bridgehead atoms. The molecule has 1 aromatic carbocycles. The monoisotopic (exact) mass is 428 g/mol. The van der Waals surface area contributed by atoms with Crippen LogP contribution in [0.2, 0.25) is 5.02 Å². The van der Waals surface area contributed by atoms with Crippen molar-refractivity contribution >= 4 is 27.3 Å². The van der Waals surface area contributed by atoms with Crippen LogP contribution in [0.15, 0.2) is 23.1 Å². The molecule has 1 saturated heterocycles. The van der Waals surface area contributed by atoms with E-state index in [0.717, 1.165) is 19.4 Å². The van der Waals surface area contributed by atoms with Gasteiger partial charge in [0, 0.05) is 18.2 Å². The van der Waals surface area contributed by atoms with Gasteiger partial charge in [-0.2, -0.15) is 0 Å². The molecule has 1 amide bonds. The molecule has 3 rings (SSSR count). The normalized spacial score (nSPS) is 28.7. The highest BCUT2D eigenvalue weighted by molar-refractivity contribution is 7.92. The van der Waals surface area contributed by atoms with Crippen LogP contribution in [-0.4, -0.2) is 44.0 Å². The van der Waals surface area contributed by atoms with Gasteiger partial charge in [0.2, 0.25) is 15.7 Å². The predicted molar refractivity (Wildman–Crippen MR) is 109 cm³/mol. The minimum atomic E-state index is -3.86. The molecule has 3 N–H and O–H groups in total. The first-order chi connectivity index (χ1) is 13.3. The minimum Gasteiger partial charge on any atom is -0.396 e. The summed E-state index contributed by atoms with van der Waals surface area (Å²) >= 11 is 6.18. The number of aliphatic hydroxyl groups excluding tert-OH is 1. The van der Waals surface area contributed by atoms with Crippen LogP contribution in [0.4, 0.5) is 0 Å². The molecule has 1 heterocycles. The molecule has 28 heavy (non-hydrogen) atoms. The average Bonchev–Trinajstić information content (AvgIpc) is 2.71. The van der Waals surface area contributed by atoms with Crippen molar-refractivity contribution < 1.29 is 18.3 Å². The molecular weight excluding hydrogens is 400 g/mol.